The molecule has 1 fully saturated rings. The van der Waals surface area contributed by atoms with Crippen molar-refractivity contribution < 1.29 is 64.0 Å². The van der Waals surface area contributed by atoms with Crippen molar-refractivity contribution in [3.63, 3.8) is 0 Å². The van der Waals surface area contributed by atoms with Crippen molar-refractivity contribution in [2.24, 2.45) is 23.7 Å². The van der Waals surface area contributed by atoms with Gasteiger partial charge in [-0.05, 0) is 39.3 Å². The summed E-state index contributed by atoms with van der Waals surface area (Å²) in [6.07, 6.45) is 1.89. The number of rotatable bonds is 4. The SMILES string of the molecule is COC1/C=C/OC2(C)Oc3c(C)c(O)c4c(O)c(cc(N5CCC(O)C5C(C)O)c4c3C2=O)NC(=O)/C(C)=C\C=C\C(C)C(O)C(C)C(O)C(C)C(OC(C)=O)C1C. The molecule has 318 valence electrons. The largest absolute Gasteiger partial charge is 0.507 e. The number of aromatic hydroxyl groups is 2. The second-order valence-corrected chi connectivity index (χ2v) is 16.2. The van der Waals surface area contributed by atoms with Gasteiger partial charge >= 0.3 is 11.8 Å². The maximum Gasteiger partial charge on any atom is 0.312 e. The van der Waals surface area contributed by atoms with Crippen LogP contribution in [0, 0.1) is 30.6 Å². The Morgan fingerprint density at radius 1 is 1.00 bits per heavy atom. The molecule has 7 N–H and O–H groups in total. The number of carbonyl (C=O) groups excluding carboxylic acids is 3. The zero-order valence-electron chi connectivity index (χ0n) is 34.7. The smallest absolute Gasteiger partial charge is 0.312 e. The summed E-state index contributed by atoms with van der Waals surface area (Å²) in [5.74, 6) is -7.35. The van der Waals surface area contributed by atoms with E-state index in [9.17, 15) is 45.0 Å². The summed E-state index contributed by atoms with van der Waals surface area (Å²) in [6.45, 7) is 14.4. The lowest BCUT2D eigenvalue weighted by molar-refractivity contribution is -0.160. The lowest BCUT2D eigenvalue weighted by atomic mass is 9.78. The average molecular weight is 811 g/mol. The van der Waals surface area contributed by atoms with Gasteiger partial charge in [-0.2, -0.15) is 0 Å². The minimum absolute atomic E-state index is 0.0207. The molecule has 12 atom stereocenters. The Balaban J connectivity index is 1.73. The molecule has 6 rings (SSSR count). The van der Waals surface area contributed by atoms with E-state index in [-0.39, 0.29) is 57.6 Å². The van der Waals surface area contributed by atoms with E-state index in [1.807, 2.05) is 0 Å². The number of ether oxygens (including phenoxy) is 4. The van der Waals surface area contributed by atoms with Crippen molar-refractivity contribution in [1.29, 1.82) is 0 Å². The number of nitrogens with one attached hydrogen (secondary N) is 1. The van der Waals surface area contributed by atoms with Crippen LogP contribution in [0.4, 0.5) is 11.4 Å². The molecule has 0 radical (unpaired) electrons. The van der Waals surface area contributed by atoms with Crippen molar-refractivity contribution >= 4 is 39.8 Å². The van der Waals surface area contributed by atoms with Gasteiger partial charge in [-0.3, -0.25) is 14.4 Å². The fraction of sp³-hybridized carbons (Fsp3) is 0.558. The molecule has 15 nitrogen and oxygen atoms in total. The predicted octanol–water partition coefficient (Wildman–Crippen LogP) is 4.37. The van der Waals surface area contributed by atoms with Gasteiger partial charge in [0.15, 0.2) is 5.75 Å². The van der Waals surface area contributed by atoms with Gasteiger partial charge in [0.1, 0.15) is 17.6 Å². The summed E-state index contributed by atoms with van der Waals surface area (Å²) < 4.78 is 23.8. The fourth-order valence-electron chi connectivity index (χ4n) is 8.54. The highest BCUT2D eigenvalue weighted by Crippen LogP contribution is 2.54. The van der Waals surface area contributed by atoms with E-state index in [0.29, 0.717) is 0 Å². The van der Waals surface area contributed by atoms with E-state index in [2.05, 4.69) is 5.32 Å². The third kappa shape index (κ3) is 8.15. The van der Waals surface area contributed by atoms with Crippen molar-refractivity contribution in [2.45, 2.75) is 117 Å². The number of phenolic OH excluding ortho intramolecular Hbond substituents is 2. The molecule has 58 heavy (non-hydrogen) atoms. The third-order valence-electron chi connectivity index (χ3n) is 12.1. The van der Waals surface area contributed by atoms with Crippen LogP contribution in [-0.4, -0.2) is 110 Å². The van der Waals surface area contributed by atoms with E-state index in [4.69, 9.17) is 18.9 Å². The molecular weight excluding hydrogens is 752 g/mol. The zero-order valence-corrected chi connectivity index (χ0v) is 34.7. The van der Waals surface area contributed by atoms with Crippen LogP contribution in [0.1, 0.15) is 77.7 Å². The minimum Gasteiger partial charge on any atom is -0.507 e. The number of amides is 1. The van der Waals surface area contributed by atoms with Gasteiger partial charge in [0.25, 0.3) is 11.7 Å². The minimum atomic E-state index is -2.01. The molecule has 1 amide bonds. The van der Waals surface area contributed by atoms with Gasteiger partial charge in [0.05, 0.1) is 59.5 Å². The highest BCUT2D eigenvalue weighted by atomic mass is 16.7. The van der Waals surface area contributed by atoms with Crippen molar-refractivity contribution in [2.75, 3.05) is 23.9 Å². The Hall–Kier alpha value is -4.67. The lowest BCUT2D eigenvalue weighted by Gasteiger charge is -2.38. The number of hydrogen-bond acceptors (Lipinski definition) is 14. The maximum atomic E-state index is 14.6. The summed E-state index contributed by atoms with van der Waals surface area (Å²) >= 11 is 0. The molecule has 2 aromatic rings. The van der Waals surface area contributed by atoms with Crippen LogP contribution in [0.25, 0.3) is 10.8 Å². The predicted molar refractivity (Wildman–Crippen MR) is 216 cm³/mol. The highest BCUT2D eigenvalue weighted by Gasteiger charge is 2.50. The van der Waals surface area contributed by atoms with Crippen molar-refractivity contribution in [3.05, 3.63) is 53.3 Å². The van der Waals surface area contributed by atoms with E-state index < -0.39 is 101 Å². The molecule has 0 aliphatic carbocycles. The van der Waals surface area contributed by atoms with Gasteiger partial charge in [0.2, 0.25) is 0 Å². The standard InChI is InChI=1S/C43H58N2O13/c1-19-12-11-13-20(2)42(54)44-27-18-28(45-16-14-29(48)34(45)25(7)46)31-32(38(27)52)37(51)24(6)40-33(31)41(53)43(9,58-40)56-17-15-30(55-10)21(3)39(57-26(8)47)23(5)36(50)22(4)35(19)49/h11-13,15,17-19,21-23,25,29-30,34-36,39,46,48-52H,14,16H2,1-10H3,(H,44,54)/b12-11+,17-15+,20-13-. The van der Waals surface area contributed by atoms with Crippen LogP contribution >= 0.6 is 0 Å². The second-order valence-electron chi connectivity index (χ2n) is 16.2. The van der Waals surface area contributed by atoms with Crippen LogP contribution in [0.2, 0.25) is 0 Å². The first-order chi connectivity index (χ1) is 27.2. The first-order valence-corrected chi connectivity index (χ1v) is 19.6. The lowest BCUT2D eigenvalue weighted by Crippen LogP contribution is -2.46. The normalized spacial score (nSPS) is 34.9. The third-order valence-corrected chi connectivity index (χ3v) is 12.1. The topological polar surface area (TPSA) is 225 Å². The number of fused-ring (bicyclic) bond motifs is 14. The summed E-state index contributed by atoms with van der Waals surface area (Å²) in [6, 6.07) is 0.573. The Morgan fingerprint density at radius 3 is 2.29 bits per heavy atom. The number of ketones is 1. The monoisotopic (exact) mass is 810 g/mol. The number of aliphatic hydroxyl groups is 4. The van der Waals surface area contributed by atoms with E-state index in [1.54, 1.807) is 51.7 Å². The molecule has 4 heterocycles. The number of esters is 1. The van der Waals surface area contributed by atoms with Crippen LogP contribution < -0.4 is 15.0 Å². The molecule has 4 aliphatic rings. The van der Waals surface area contributed by atoms with Gasteiger partial charge in [-0.25, -0.2) is 0 Å². The number of carbonyl (C=O) groups is 3. The first kappa shape index (κ1) is 44.4. The molecular formula is C43H58N2O13. The Bertz CT molecular complexity index is 2010. The molecule has 0 spiro atoms. The van der Waals surface area contributed by atoms with Crippen molar-refractivity contribution in [1.82, 2.24) is 0 Å². The number of anilines is 2. The van der Waals surface area contributed by atoms with Gasteiger partial charge in [0, 0.05) is 73.4 Å². The molecule has 1 saturated heterocycles. The number of nitrogens with zero attached hydrogens (tertiary/aromatic N) is 1. The average Bonchev–Trinajstić information content (AvgIpc) is 3.69. The van der Waals surface area contributed by atoms with E-state index >= 15 is 0 Å². The number of phenols is 2. The molecule has 0 saturated carbocycles. The van der Waals surface area contributed by atoms with Crippen LogP contribution in [0.3, 0.4) is 0 Å². The van der Waals surface area contributed by atoms with Gasteiger partial charge in [-0.15, -0.1) is 0 Å². The molecule has 15 heteroatoms. The van der Waals surface area contributed by atoms with Crippen LogP contribution in [0.5, 0.6) is 17.2 Å². The molecule has 4 aliphatic heterocycles. The number of methoxy groups -OCH3 is 1. The number of hydrogen-bond donors (Lipinski definition) is 7. The second kappa shape index (κ2) is 17.3. The quantitative estimate of drug-likeness (QED) is 0.168. The molecule has 5 bridgehead atoms. The van der Waals surface area contributed by atoms with Crippen LogP contribution in [-0.2, 0) is 23.8 Å². The van der Waals surface area contributed by atoms with Gasteiger partial charge < -0.3 is 59.8 Å². The summed E-state index contributed by atoms with van der Waals surface area (Å²) in [5, 5.41) is 70.7. The number of Topliss-reactive ketones (excluding diaryl/α,β-unsaturated/α-hetero) is 1. The Labute approximate surface area is 338 Å². The fourth-order valence-corrected chi connectivity index (χ4v) is 8.54. The summed E-state index contributed by atoms with van der Waals surface area (Å²) in [4.78, 5) is 42.3. The maximum absolute atomic E-state index is 14.6. The summed E-state index contributed by atoms with van der Waals surface area (Å²) in [5.41, 5.74) is 0.384. The van der Waals surface area contributed by atoms with E-state index in [1.165, 1.54) is 59.3 Å². The number of aliphatic hydroxyl groups excluding tert-OH is 4. The number of benzene rings is 2. The molecule has 12 unspecified atom stereocenters. The van der Waals surface area contributed by atoms with E-state index in [0.717, 1.165) is 0 Å². The summed E-state index contributed by atoms with van der Waals surface area (Å²) in [7, 11) is 1.44. The Morgan fingerprint density at radius 2 is 1.67 bits per heavy atom. The zero-order chi connectivity index (χ0) is 43.1. The Kier molecular flexibility index (Phi) is 13.2. The molecule has 2 aromatic carbocycles. The first-order valence-electron chi connectivity index (χ1n) is 19.6. The van der Waals surface area contributed by atoms with Gasteiger partial charge in [-0.1, -0.05) is 45.9 Å². The molecule has 0 aromatic heterocycles. The highest BCUT2D eigenvalue weighted by molar-refractivity contribution is 6.23. The van der Waals surface area contributed by atoms with Crippen molar-refractivity contribution in [3.8, 4) is 17.2 Å². The van der Waals surface area contributed by atoms with Crippen LogP contribution in [0.15, 0.2) is 42.2 Å². The number of allylic oxidation sites excluding steroid dienone is 2.